The number of hydrogen-bond donors (Lipinski definition) is 0. The highest BCUT2D eigenvalue weighted by molar-refractivity contribution is 7.99. The molecule has 0 N–H and O–H groups in total. The predicted octanol–water partition coefficient (Wildman–Crippen LogP) is 4.38. The fourth-order valence-corrected chi connectivity index (χ4v) is 3.57. The SMILES string of the molecule is COc1ccccc1-c1nnc(SCC(=O)c2cc(C)ccc2OC(F)F)n1C. The monoisotopic (exact) mass is 419 g/mol. The Kier molecular flexibility index (Phi) is 6.48. The summed E-state index contributed by atoms with van der Waals surface area (Å²) in [5, 5.41) is 8.85. The fraction of sp³-hybridized carbons (Fsp3) is 0.250. The topological polar surface area (TPSA) is 66.2 Å². The second-order valence-electron chi connectivity index (χ2n) is 6.16. The van der Waals surface area contributed by atoms with Crippen LogP contribution in [0.4, 0.5) is 8.78 Å². The summed E-state index contributed by atoms with van der Waals surface area (Å²) in [7, 11) is 3.36. The Morgan fingerprint density at radius 1 is 1.17 bits per heavy atom. The van der Waals surface area contributed by atoms with Gasteiger partial charge < -0.3 is 14.0 Å². The van der Waals surface area contributed by atoms with E-state index >= 15 is 0 Å². The van der Waals surface area contributed by atoms with Crippen molar-refractivity contribution < 1.29 is 23.0 Å². The molecule has 0 aliphatic rings. The van der Waals surface area contributed by atoms with Gasteiger partial charge in [0.1, 0.15) is 11.5 Å². The lowest BCUT2D eigenvalue weighted by Gasteiger charge is -2.11. The summed E-state index contributed by atoms with van der Waals surface area (Å²) < 4.78 is 36.8. The quantitative estimate of drug-likeness (QED) is 0.399. The minimum Gasteiger partial charge on any atom is -0.496 e. The highest BCUT2D eigenvalue weighted by Crippen LogP contribution is 2.31. The first-order chi connectivity index (χ1) is 13.9. The van der Waals surface area contributed by atoms with Crippen molar-refractivity contribution in [3.05, 3.63) is 53.6 Å². The van der Waals surface area contributed by atoms with Gasteiger partial charge in [0, 0.05) is 7.05 Å². The number of ketones is 1. The molecular weight excluding hydrogens is 400 g/mol. The maximum atomic E-state index is 12.6. The van der Waals surface area contributed by atoms with E-state index in [1.165, 1.54) is 23.9 Å². The molecule has 0 aliphatic heterocycles. The van der Waals surface area contributed by atoms with Crippen molar-refractivity contribution in [3.63, 3.8) is 0 Å². The van der Waals surface area contributed by atoms with Gasteiger partial charge in [-0.2, -0.15) is 8.78 Å². The first-order valence-corrected chi connectivity index (χ1v) is 9.63. The van der Waals surface area contributed by atoms with Crippen LogP contribution in [0.5, 0.6) is 11.5 Å². The number of ether oxygens (including phenoxy) is 2. The molecule has 3 aromatic rings. The number of hydrogen-bond acceptors (Lipinski definition) is 6. The maximum absolute atomic E-state index is 12.6. The lowest BCUT2D eigenvalue weighted by Crippen LogP contribution is -2.10. The second-order valence-corrected chi connectivity index (χ2v) is 7.10. The van der Waals surface area contributed by atoms with Gasteiger partial charge in [0.2, 0.25) is 0 Å². The van der Waals surface area contributed by atoms with Crippen LogP contribution in [-0.2, 0) is 7.05 Å². The Balaban J connectivity index is 1.79. The van der Waals surface area contributed by atoms with Crippen LogP contribution in [0, 0.1) is 6.92 Å². The van der Waals surface area contributed by atoms with E-state index in [1.54, 1.807) is 31.7 Å². The molecule has 2 aromatic carbocycles. The molecular formula is C20H19F2N3O3S. The number of aryl methyl sites for hydroxylation is 1. The van der Waals surface area contributed by atoms with Crippen LogP contribution in [-0.4, -0.2) is 40.0 Å². The minimum absolute atomic E-state index is 0.000942. The number of nitrogens with zero attached hydrogens (tertiary/aromatic N) is 3. The molecule has 0 radical (unpaired) electrons. The molecule has 0 atom stereocenters. The molecule has 0 unspecified atom stereocenters. The molecule has 0 spiro atoms. The van der Waals surface area contributed by atoms with Gasteiger partial charge in [-0.1, -0.05) is 35.5 Å². The molecule has 152 valence electrons. The van der Waals surface area contributed by atoms with E-state index in [-0.39, 0.29) is 22.8 Å². The molecule has 3 rings (SSSR count). The molecule has 6 nitrogen and oxygen atoms in total. The van der Waals surface area contributed by atoms with Crippen molar-refractivity contribution in [2.75, 3.05) is 12.9 Å². The summed E-state index contributed by atoms with van der Waals surface area (Å²) in [6.45, 7) is -1.22. The number of thioether (sulfide) groups is 1. The van der Waals surface area contributed by atoms with Gasteiger partial charge in [-0.25, -0.2) is 0 Å². The second kappa shape index (κ2) is 9.04. The summed E-state index contributed by atoms with van der Waals surface area (Å²) >= 11 is 1.17. The number of carbonyl (C=O) groups excluding carboxylic acids is 1. The van der Waals surface area contributed by atoms with Gasteiger partial charge >= 0.3 is 6.61 Å². The zero-order chi connectivity index (χ0) is 21.0. The van der Waals surface area contributed by atoms with E-state index < -0.39 is 6.61 Å². The molecule has 0 aliphatic carbocycles. The molecule has 0 fully saturated rings. The summed E-state index contributed by atoms with van der Waals surface area (Å²) in [5.41, 5.74) is 1.66. The highest BCUT2D eigenvalue weighted by atomic mass is 32.2. The highest BCUT2D eigenvalue weighted by Gasteiger charge is 2.19. The maximum Gasteiger partial charge on any atom is 0.387 e. The summed E-state index contributed by atoms with van der Waals surface area (Å²) in [6.07, 6.45) is 0. The van der Waals surface area contributed by atoms with Crippen molar-refractivity contribution in [1.29, 1.82) is 0 Å². The fourth-order valence-electron chi connectivity index (χ4n) is 2.77. The summed E-state index contributed by atoms with van der Waals surface area (Å²) in [4.78, 5) is 12.6. The van der Waals surface area contributed by atoms with Crippen molar-refractivity contribution in [1.82, 2.24) is 14.8 Å². The van der Waals surface area contributed by atoms with Gasteiger partial charge in [0.05, 0.1) is 24.0 Å². The lowest BCUT2D eigenvalue weighted by atomic mass is 10.1. The molecule has 0 saturated carbocycles. The minimum atomic E-state index is -3.00. The predicted molar refractivity (Wildman–Crippen MR) is 106 cm³/mol. The van der Waals surface area contributed by atoms with Gasteiger partial charge in [0.15, 0.2) is 16.8 Å². The summed E-state index contributed by atoms with van der Waals surface area (Å²) in [5.74, 6) is 0.778. The molecule has 1 aromatic heterocycles. The Hall–Kier alpha value is -2.94. The zero-order valence-electron chi connectivity index (χ0n) is 16.1. The number of Topliss-reactive ketones (excluding diaryl/α,β-unsaturated/α-hetero) is 1. The lowest BCUT2D eigenvalue weighted by molar-refractivity contribution is -0.0501. The van der Waals surface area contributed by atoms with Crippen LogP contribution in [0.3, 0.4) is 0 Å². The van der Waals surface area contributed by atoms with Crippen molar-refractivity contribution in [2.24, 2.45) is 7.05 Å². The molecule has 0 saturated heterocycles. The molecule has 1 heterocycles. The summed E-state index contributed by atoms with van der Waals surface area (Å²) in [6, 6.07) is 11.9. The number of para-hydroxylation sites is 1. The van der Waals surface area contributed by atoms with E-state index in [9.17, 15) is 13.6 Å². The number of rotatable bonds is 8. The van der Waals surface area contributed by atoms with Crippen molar-refractivity contribution in [2.45, 2.75) is 18.7 Å². The van der Waals surface area contributed by atoms with E-state index in [0.717, 1.165) is 11.1 Å². The average Bonchev–Trinajstić information content (AvgIpc) is 3.07. The van der Waals surface area contributed by atoms with Gasteiger partial charge in [-0.3, -0.25) is 4.79 Å². The number of aromatic nitrogens is 3. The Labute approximate surface area is 170 Å². The molecule has 0 amide bonds. The number of methoxy groups -OCH3 is 1. The molecule has 29 heavy (non-hydrogen) atoms. The molecule has 0 bridgehead atoms. The van der Waals surface area contributed by atoms with E-state index in [0.29, 0.717) is 16.7 Å². The number of benzene rings is 2. The standard InChI is InChI=1S/C20H19F2N3O3S/c1-12-8-9-17(28-19(21)22)14(10-12)15(26)11-29-20-24-23-18(25(20)2)13-6-4-5-7-16(13)27-3/h4-10,19H,11H2,1-3H3. The molecule has 9 heteroatoms. The third-order valence-electron chi connectivity index (χ3n) is 4.17. The van der Waals surface area contributed by atoms with Crippen LogP contribution in [0.1, 0.15) is 15.9 Å². The van der Waals surface area contributed by atoms with E-state index in [4.69, 9.17) is 4.74 Å². The third kappa shape index (κ3) is 4.73. The Bertz CT molecular complexity index is 1020. The van der Waals surface area contributed by atoms with Crippen molar-refractivity contribution in [3.8, 4) is 22.9 Å². The van der Waals surface area contributed by atoms with Crippen LogP contribution in [0.15, 0.2) is 47.6 Å². The first-order valence-electron chi connectivity index (χ1n) is 8.65. The smallest absolute Gasteiger partial charge is 0.387 e. The van der Waals surface area contributed by atoms with Crippen LogP contribution < -0.4 is 9.47 Å². The average molecular weight is 419 g/mol. The van der Waals surface area contributed by atoms with Gasteiger partial charge in [-0.15, -0.1) is 10.2 Å². The largest absolute Gasteiger partial charge is 0.496 e. The normalized spacial score (nSPS) is 11.0. The van der Waals surface area contributed by atoms with Crippen molar-refractivity contribution >= 4 is 17.5 Å². The van der Waals surface area contributed by atoms with Gasteiger partial charge in [0.25, 0.3) is 0 Å². The Morgan fingerprint density at radius 3 is 2.66 bits per heavy atom. The third-order valence-corrected chi connectivity index (χ3v) is 5.19. The van der Waals surface area contributed by atoms with Gasteiger partial charge in [-0.05, 0) is 31.2 Å². The first kappa shape index (κ1) is 20.8. The van der Waals surface area contributed by atoms with Crippen LogP contribution >= 0.6 is 11.8 Å². The Morgan fingerprint density at radius 2 is 1.93 bits per heavy atom. The van der Waals surface area contributed by atoms with Crippen LogP contribution in [0.25, 0.3) is 11.4 Å². The van der Waals surface area contributed by atoms with E-state index in [1.807, 2.05) is 24.3 Å². The number of carbonyl (C=O) groups is 1. The number of halogens is 2. The van der Waals surface area contributed by atoms with E-state index in [2.05, 4.69) is 14.9 Å². The number of alkyl halides is 2. The zero-order valence-corrected chi connectivity index (χ0v) is 16.9. The van der Waals surface area contributed by atoms with Crippen LogP contribution in [0.2, 0.25) is 0 Å².